The summed E-state index contributed by atoms with van der Waals surface area (Å²) in [5, 5.41) is 0. The largest absolute Gasteiger partial charge is 0.298 e. The van der Waals surface area contributed by atoms with E-state index in [1.165, 1.54) is 5.56 Å². The van der Waals surface area contributed by atoms with Crippen LogP contribution in [0.1, 0.15) is 23.6 Å². The van der Waals surface area contributed by atoms with Crippen LogP contribution in [0.4, 0.5) is 0 Å². The molecule has 0 atom stereocenters. The zero-order valence-electron chi connectivity index (χ0n) is 10.6. The van der Waals surface area contributed by atoms with Gasteiger partial charge in [-0.25, -0.2) is 4.99 Å². The maximum absolute atomic E-state index is 11.8. The highest BCUT2D eigenvalue weighted by molar-refractivity contribution is 6.13. The second-order valence-electron chi connectivity index (χ2n) is 4.41. The van der Waals surface area contributed by atoms with Crippen LogP contribution in [0.5, 0.6) is 0 Å². The van der Waals surface area contributed by atoms with Crippen molar-refractivity contribution in [1.82, 2.24) is 4.90 Å². The van der Waals surface area contributed by atoms with E-state index >= 15 is 0 Å². The van der Waals surface area contributed by atoms with E-state index in [1.807, 2.05) is 32.1 Å². The average molecular weight is 228 g/mol. The van der Waals surface area contributed by atoms with Crippen molar-refractivity contribution >= 4 is 17.8 Å². The fourth-order valence-corrected chi connectivity index (χ4v) is 1.84. The Bertz CT molecular complexity index is 541. The van der Waals surface area contributed by atoms with Crippen LogP contribution in [0.25, 0.3) is 6.08 Å². The number of rotatable bonds is 1. The van der Waals surface area contributed by atoms with E-state index < -0.39 is 0 Å². The molecule has 0 radical (unpaired) electrons. The van der Waals surface area contributed by atoms with Crippen LogP contribution in [0.15, 0.2) is 28.9 Å². The third-order valence-electron chi connectivity index (χ3n) is 3.01. The van der Waals surface area contributed by atoms with Gasteiger partial charge in [-0.1, -0.05) is 23.8 Å². The molecule has 0 saturated heterocycles. The topological polar surface area (TPSA) is 32.7 Å². The average Bonchev–Trinajstić information content (AvgIpc) is 2.50. The highest BCUT2D eigenvalue weighted by Gasteiger charge is 2.23. The Morgan fingerprint density at radius 3 is 2.47 bits per heavy atom. The number of amidine groups is 1. The zero-order valence-corrected chi connectivity index (χ0v) is 10.6. The molecule has 2 rings (SSSR count). The molecule has 0 saturated carbocycles. The van der Waals surface area contributed by atoms with Gasteiger partial charge in [0.15, 0.2) is 0 Å². The molecule has 0 bridgehead atoms. The molecular weight excluding hydrogens is 212 g/mol. The third kappa shape index (κ3) is 2.13. The Morgan fingerprint density at radius 2 is 1.94 bits per heavy atom. The summed E-state index contributed by atoms with van der Waals surface area (Å²) in [6.07, 6.45) is 1.85. The Hall–Kier alpha value is -1.90. The summed E-state index contributed by atoms with van der Waals surface area (Å²) in [7, 11) is 1.74. The number of hydrogen-bond donors (Lipinski definition) is 0. The van der Waals surface area contributed by atoms with Crippen LogP contribution in [-0.2, 0) is 4.79 Å². The summed E-state index contributed by atoms with van der Waals surface area (Å²) in [5.74, 6) is 0.702. The van der Waals surface area contributed by atoms with Gasteiger partial charge in [0.2, 0.25) is 0 Å². The van der Waals surface area contributed by atoms with Gasteiger partial charge in [0, 0.05) is 7.05 Å². The van der Waals surface area contributed by atoms with E-state index in [0.29, 0.717) is 5.70 Å². The van der Waals surface area contributed by atoms with Gasteiger partial charge in [0.25, 0.3) is 5.91 Å². The molecule has 1 aromatic carbocycles. The van der Waals surface area contributed by atoms with Gasteiger partial charge in [0.05, 0.1) is 0 Å². The lowest BCUT2D eigenvalue weighted by molar-refractivity contribution is -0.121. The SMILES string of the molecule is CC1=N/C(=C\c2ccc(C)cc2C)C(=O)N1C. The smallest absolute Gasteiger partial charge is 0.277 e. The first kappa shape index (κ1) is 11.6. The van der Waals surface area contributed by atoms with Crippen molar-refractivity contribution in [1.29, 1.82) is 0 Å². The number of carbonyl (C=O) groups excluding carboxylic acids is 1. The van der Waals surface area contributed by atoms with Crippen LogP contribution in [0.3, 0.4) is 0 Å². The van der Waals surface area contributed by atoms with Gasteiger partial charge >= 0.3 is 0 Å². The lowest BCUT2D eigenvalue weighted by Crippen LogP contribution is -2.25. The molecule has 0 unspecified atom stereocenters. The summed E-state index contributed by atoms with van der Waals surface area (Å²) in [4.78, 5) is 17.7. The number of carbonyl (C=O) groups is 1. The van der Waals surface area contributed by atoms with Crippen molar-refractivity contribution in [3.63, 3.8) is 0 Å². The minimum absolute atomic E-state index is 0.0394. The molecule has 3 nitrogen and oxygen atoms in total. The summed E-state index contributed by atoms with van der Waals surface area (Å²) in [5.41, 5.74) is 3.94. The van der Waals surface area contributed by atoms with Crippen molar-refractivity contribution in [2.24, 2.45) is 4.99 Å². The Kier molecular flexibility index (Phi) is 2.84. The van der Waals surface area contributed by atoms with Crippen LogP contribution < -0.4 is 0 Å². The van der Waals surface area contributed by atoms with E-state index in [-0.39, 0.29) is 5.91 Å². The van der Waals surface area contributed by atoms with E-state index in [0.717, 1.165) is 17.0 Å². The van der Waals surface area contributed by atoms with Crippen LogP contribution in [0.2, 0.25) is 0 Å². The van der Waals surface area contributed by atoms with Crippen molar-refractivity contribution in [3.05, 3.63) is 40.6 Å². The minimum atomic E-state index is -0.0394. The van der Waals surface area contributed by atoms with Gasteiger partial charge in [-0.05, 0) is 38.0 Å². The standard InChI is InChI=1S/C14H16N2O/c1-9-5-6-12(10(2)7-9)8-13-14(17)16(4)11(3)15-13/h5-8H,1-4H3/b13-8-. The van der Waals surface area contributed by atoms with Crippen molar-refractivity contribution in [2.45, 2.75) is 20.8 Å². The molecular formula is C14H16N2O. The van der Waals surface area contributed by atoms with E-state index in [4.69, 9.17) is 0 Å². The molecule has 0 aliphatic carbocycles. The Balaban J connectivity index is 2.41. The van der Waals surface area contributed by atoms with Crippen LogP contribution in [-0.4, -0.2) is 23.7 Å². The Morgan fingerprint density at radius 1 is 1.24 bits per heavy atom. The van der Waals surface area contributed by atoms with Gasteiger partial charge in [-0.2, -0.15) is 0 Å². The zero-order chi connectivity index (χ0) is 12.6. The Labute approximate surface area is 101 Å². The normalized spacial score (nSPS) is 17.9. The van der Waals surface area contributed by atoms with Crippen LogP contribution in [0, 0.1) is 13.8 Å². The van der Waals surface area contributed by atoms with E-state index in [9.17, 15) is 4.79 Å². The first-order valence-electron chi connectivity index (χ1n) is 5.61. The predicted octanol–water partition coefficient (Wildman–Crippen LogP) is 2.53. The summed E-state index contributed by atoms with van der Waals surface area (Å²) in [6, 6.07) is 6.17. The number of nitrogens with zero attached hydrogens (tertiary/aromatic N) is 2. The molecule has 0 fully saturated rings. The maximum Gasteiger partial charge on any atom is 0.277 e. The molecule has 1 heterocycles. The molecule has 17 heavy (non-hydrogen) atoms. The fourth-order valence-electron chi connectivity index (χ4n) is 1.84. The lowest BCUT2D eigenvalue weighted by atomic mass is 10.0. The number of hydrogen-bond acceptors (Lipinski definition) is 2. The van der Waals surface area contributed by atoms with Gasteiger partial charge in [-0.15, -0.1) is 0 Å². The van der Waals surface area contributed by atoms with Gasteiger partial charge in [0.1, 0.15) is 11.5 Å². The number of likely N-dealkylation sites (N-methyl/N-ethyl adjacent to an activating group) is 1. The molecule has 1 aliphatic heterocycles. The highest BCUT2D eigenvalue weighted by Crippen LogP contribution is 2.19. The third-order valence-corrected chi connectivity index (χ3v) is 3.01. The van der Waals surface area contributed by atoms with Crippen LogP contribution >= 0.6 is 0 Å². The predicted molar refractivity (Wildman–Crippen MR) is 69.8 cm³/mol. The van der Waals surface area contributed by atoms with Crippen molar-refractivity contribution in [2.75, 3.05) is 7.05 Å². The lowest BCUT2D eigenvalue weighted by Gasteiger charge is -2.06. The number of amides is 1. The molecule has 88 valence electrons. The van der Waals surface area contributed by atoms with Gasteiger partial charge < -0.3 is 0 Å². The molecule has 1 amide bonds. The first-order chi connectivity index (χ1) is 7.99. The number of benzene rings is 1. The molecule has 0 spiro atoms. The summed E-state index contributed by atoms with van der Waals surface area (Å²) < 4.78 is 0. The van der Waals surface area contributed by atoms with Crippen molar-refractivity contribution in [3.8, 4) is 0 Å². The quantitative estimate of drug-likeness (QED) is 0.680. The monoisotopic (exact) mass is 228 g/mol. The van der Waals surface area contributed by atoms with E-state index in [1.54, 1.807) is 11.9 Å². The molecule has 1 aromatic rings. The second kappa shape index (κ2) is 4.17. The minimum Gasteiger partial charge on any atom is -0.298 e. The number of aliphatic imine (C=N–C) groups is 1. The molecule has 0 N–H and O–H groups in total. The summed E-state index contributed by atoms with van der Waals surface area (Å²) >= 11 is 0. The van der Waals surface area contributed by atoms with Gasteiger partial charge in [-0.3, -0.25) is 9.69 Å². The fraction of sp³-hybridized carbons (Fsp3) is 0.286. The molecule has 3 heteroatoms. The second-order valence-corrected chi connectivity index (χ2v) is 4.41. The number of aryl methyl sites for hydroxylation is 2. The van der Waals surface area contributed by atoms with E-state index in [2.05, 4.69) is 18.0 Å². The maximum atomic E-state index is 11.8. The highest BCUT2D eigenvalue weighted by atomic mass is 16.2. The summed E-state index contributed by atoms with van der Waals surface area (Å²) in [6.45, 7) is 5.93. The molecule has 1 aliphatic rings. The van der Waals surface area contributed by atoms with Crippen molar-refractivity contribution < 1.29 is 4.79 Å². The molecule has 0 aromatic heterocycles. The first-order valence-corrected chi connectivity index (χ1v) is 5.61.